The Hall–Kier alpha value is -3.06. The number of fused-ring (bicyclic) bond motifs is 3. The van der Waals surface area contributed by atoms with E-state index in [1.807, 2.05) is 73.8 Å². The van der Waals surface area contributed by atoms with E-state index in [0.29, 0.717) is 5.02 Å². The average Bonchev–Trinajstić information content (AvgIpc) is 3.24. The van der Waals surface area contributed by atoms with Crippen LogP contribution in [-0.4, -0.2) is 24.4 Å². The lowest BCUT2D eigenvalue weighted by Gasteiger charge is -2.30. The molecule has 1 atom stereocenters. The monoisotopic (exact) mass is 478 g/mol. The minimum atomic E-state index is -4.01. The molecule has 5 rings (SSSR count). The predicted molar refractivity (Wildman–Crippen MR) is 130 cm³/mol. The Bertz CT molecular complexity index is 1430. The number of sulfonamides is 1. The maximum absolute atomic E-state index is 14.2. The van der Waals surface area contributed by atoms with Gasteiger partial charge in [-0.05, 0) is 54.4 Å². The Balaban J connectivity index is 1.79. The third kappa shape index (κ3) is 3.74. The molecular weight excluding hydrogens is 456 g/mol. The summed E-state index contributed by atoms with van der Waals surface area (Å²) in [7, 11) is -2.55. The molecule has 0 fully saturated rings. The molecule has 0 spiro atoms. The maximum Gasteiger partial charge on any atom is 0.248 e. The van der Waals surface area contributed by atoms with Gasteiger partial charge >= 0.3 is 0 Å². The van der Waals surface area contributed by atoms with Gasteiger partial charge in [0, 0.05) is 29.1 Å². The van der Waals surface area contributed by atoms with Crippen molar-refractivity contribution in [1.82, 2.24) is 8.87 Å². The van der Waals surface area contributed by atoms with E-state index in [2.05, 4.69) is 4.57 Å². The van der Waals surface area contributed by atoms with E-state index in [0.717, 1.165) is 28.1 Å². The summed E-state index contributed by atoms with van der Waals surface area (Å²) in [5, 5.41) is 0.333. The summed E-state index contributed by atoms with van der Waals surface area (Å²) >= 11 is 6.22. The highest BCUT2D eigenvalue weighted by molar-refractivity contribution is 7.89. The second-order valence-electron chi connectivity index (χ2n) is 8.09. The van der Waals surface area contributed by atoms with Crippen LogP contribution in [0, 0.1) is 6.92 Å². The highest BCUT2D eigenvalue weighted by atomic mass is 35.5. The molecule has 0 saturated heterocycles. The SMILES string of the molecule is COc1ccc(Cl)cc1S(=O)(=O)N1Cc2ccccc2-n2cccc2[C@H]1c1ccc(C)cc1. The smallest absolute Gasteiger partial charge is 0.248 e. The maximum atomic E-state index is 14.2. The van der Waals surface area contributed by atoms with Gasteiger partial charge in [-0.2, -0.15) is 4.31 Å². The van der Waals surface area contributed by atoms with Gasteiger partial charge in [-0.15, -0.1) is 0 Å². The van der Waals surface area contributed by atoms with Crippen molar-refractivity contribution < 1.29 is 13.2 Å². The predicted octanol–water partition coefficient (Wildman–Crippen LogP) is 5.74. The Kier molecular flexibility index (Phi) is 5.52. The molecule has 0 aliphatic carbocycles. The first-order valence-electron chi connectivity index (χ1n) is 10.6. The van der Waals surface area contributed by atoms with Crippen LogP contribution in [-0.2, 0) is 16.6 Å². The zero-order valence-corrected chi connectivity index (χ0v) is 19.8. The number of ether oxygens (including phenoxy) is 1. The Labute approximate surface area is 198 Å². The van der Waals surface area contributed by atoms with Crippen molar-refractivity contribution in [1.29, 1.82) is 0 Å². The van der Waals surface area contributed by atoms with Gasteiger partial charge in [-0.1, -0.05) is 59.6 Å². The molecule has 168 valence electrons. The summed E-state index contributed by atoms with van der Waals surface area (Å²) in [5.74, 6) is 0.259. The molecule has 2 heterocycles. The second-order valence-corrected chi connectivity index (χ2v) is 10.4. The van der Waals surface area contributed by atoms with Crippen LogP contribution in [0.15, 0.2) is 90.0 Å². The molecule has 1 aliphatic heterocycles. The quantitative estimate of drug-likeness (QED) is 0.375. The number of halogens is 1. The van der Waals surface area contributed by atoms with E-state index < -0.39 is 16.1 Å². The molecule has 4 aromatic rings. The topological polar surface area (TPSA) is 51.5 Å². The lowest BCUT2D eigenvalue weighted by atomic mass is 10.0. The zero-order chi connectivity index (χ0) is 23.2. The van der Waals surface area contributed by atoms with Crippen LogP contribution < -0.4 is 4.74 Å². The normalized spacial score (nSPS) is 16.0. The van der Waals surface area contributed by atoms with Crippen molar-refractivity contribution in [2.24, 2.45) is 0 Å². The number of nitrogens with zero attached hydrogens (tertiary/aromatic N) is 2. The van der Waals surface area contributed by atoms with E-state index in [1.54, 1.807) is 16.4 Å². The summed E-state index contributed by atoms with van der Waals surface area (Å²) in [6.45, 7) is 2.22. The van der Waals surface area contributed by atoms with Crippen LogP contribution in [0.1, 0.15) is 28.4 Å². The number of hydrogen-bond donors (Lipinski definition) is 0. The first-order valence-corrected chi connectivity index (χ1v) is 12.4. The largest absolute Gasteiger partial charge is 0.495 e. The van der Waals surface area contributed by atoms with E-state index in [1.165, 1.54) is 13.2 Å². The summed E-state index contributed by atoms with van der Waals surface area (Å²) in [6, 6.07) is 23.9. The van der Waals surface area contributed by atoms with E-state index in [4.69, 9.17) is 16.3 Å². The molecule has 0 radical (unpaired) electrons. The van der Waals surface area contributed by atoms with Crippen LogP contribution in [0.3, 0.4) is 0 Å². The lowest BCUT2D eigenvalue weighted by molar-refractivity contribution is 0.348. The van der Waals surface area contributed by atoms with Gasteiger partial charge in [0.05, 0.1) is 13.2 Å². The number of methoxy groups -OCH3 is 1. The molecular formula is C26H23ClN2O3S. The highest BCUT2D eigenvalue weighted by Gasteiger charge is 2.39. The van der Waals surface area contributed by atoms with Crippen LogP contribution in [0.25, 0.3) is 5.69 Å². The summed E-state index contributed by atoms with van der Waals surface area (Å²) in [6.07, 6.45) is 1.98. The third-order valence-electron chi connectivity index (χ3n) is 6.03. The number of benzene rings is 3. The lowest BCUT2D eigenvalue weighted by Crippen LogP contribution is -2.35. The van der Waals surface area contributed by atoms with E-state index in [-0.39, 0.29) is 17.2 Å². The average molecular weight is 479 g/mol. The Morgan fingerprint density at radius 3 is 2.48 bits per heavy atom. The second kappa shape index (κ2) is 8.37. The first kappa shape index (κ1) is 21.8. The van der Waals surface area contributed by atoms with Crippen molar-refractivity contribution in [3.63, 3.8) is 0 Å². The summed E-state index contributed by atoms with van der Waals surface area (Å²) < 4.78 is 37.5. The fraction of sp³-hybridized carbons (Fsp3) is 0.154. The zero-order valence-electron chi connectivity index (χ0n) is 18.3. The molecule has 0 unspecified atom stereocenters. The van der Waals surface area contributed by atoms with Crippen molar-refractivity contribution in [3.8, 4) is 11.4 Å². The van der Waals surface area contributed by atoms with Gasteiger partial charge < -0.3 is 9.30 Å². The van der Waals surface area contributed by atoms with Crippen LogP contribution in [0.2, 0.25) is 5.02 Å². The number of rotatable bonds is 4. The molecule has 3 aromatic carbocycles. The highest BCUT2D eigenvalue weighted by Crippen LogP contribution is 2.41. The van der Waals surface area contributed by atoms with Crippen molar-refractivity contribution in [3.05, 3.63) is 112 Å². The molecule has 0 N–H and O–H groups in total. The van der Waals surface area contributed by atoms with Crippen molar-refractivity contribution in [2.45, 2.75) is 24.4 Å². The van der Waals surface area contributed by atoms with Crippen LogP contribution in [0.5, 0.6) is 5.75 Å². The number of aryl methyl sites for hydroxylation is 1. The first-order chi connectivity index (χ1) is 15.9. The molecule has 1 aromatic heterocycles. The molecule has 0 amide bonds. The van der Waals surface area contributed by atoms with Crippen LogP contribution >= 0.6 is 11.6 Å². The molecule has 0 bridgehead atoms. The molecule has 0 saturated carbocycles. The van der Waals surface area contributed by atoms with Gasteiger partial charge in [0.25, 0.3) is 0 Å². The minimum Gasteiger partial charge on any atom is -0.495 e. The van der Waals surface area contributed by atoms with Gasteiger partial charge in [0.1, 0.15) is 10.6 Å². The number of aromatic nitrogens is 1. The van der Waals surface area contributed by atoms with Gasteiger partial charge in [-0.25, -0.2) is 8.42 Å². The van der Waals surface area contributed by atoms with Gasteiger partial charge in [-0.3, -0.25) is 0 Å². The van der Waals surface area contributed by atoms with E-state index in [9.17, 15) is 8.42 Å². The molecule has 1 aliphatic rings. The van der Waals surface area contributed by atoms with Gasteiger partial charge in [0.15, 0.2) is 0 Å². The Morgan fingerprint density at radius 2 is 1.73 bits per heavy atom. The minimum absolute atomic E-state index is 0.0482. The number of hydrogen-bond acceptors (Lipinski definition) is 3. The Morgan fingerprint density at radius 1 is 0.970 bits per heavy atom. The number of para-hydroxylation sites is 1. The van der Waals surface area contributed by atoms with Gasteiger partial charge in [0.2, 0.25) is 10.0 Å². The fourth-order valence-electron chi connectivity index (χ4n) is 4.41. The summed E-state index contributed by atoms with van der Waals surface area (Å²) in [5.41, 5.74) is 4.74. The fourth-order valence-corrected chi connectivity index (χ4v) is 6.40. The standard InChI is InChI=1S/C26H23ClN2O3S/c1-18-9-11-19(12-10-18)26-23-8-5-15-28(23)22-7-4-3-6-20(22)17-29(26)33(30,31)25-16-21(27)13-14-24(25)32-2/h3-16,26H,17H2,1-2H3/t26-/m1/s1. The van der Waals surface area contributed by atoms with Crippen LogP contribution in [0.4, 0.5) is 0 Å². The molecule has 33 heavy (non-hydrogen) atoms. The van der Waals surface area contributed by atoms with E-state index >= 15 is 0 Å². The molecule has 7 heteroatoms. The van der Waals surface area contributed by atoms with Crippen molar-refractivity contribution >= 4 is 21.6 Å². The summed E-state index contributed by atoms with van der Waals surface area (Å²) in [4.78, 5) is 0.0482. The third-order valence-corrected chi connectivity index (χ3v) is 8.10. The van der Waals surface area contributed by atoms with Crippen molar-refractivity contribution in [2.75, 3.05) is 7.11 Å². The molecule has 5 nitrogen and oxygen atoms in total.